The number of aryl methyl sites for hydroxylation is 2. The highest BCUT2D eigenvalue weighted by molar-refractivity contribution is 5.57. The molecule has 0 bridgehead atoms. The second-order valence-electron chi connectivity index (χ2n) is 2.76. The van der Waals surface area contributed by atoms with Crippen LogP contribution in [0.25, 0.3) is 5.52 Å². The minimum atomic E-state index is -0.340. The average Bonchev–Trinajstić information content (AvgIpc) is 2.47. The second-order valence-corrected chi connectivity index (χ2v) is 2.76. The van der Waals surface area contributed by atoms with Gasteiger partial charge in [-0.15, -0.1) is 0 Å². The number of halogens is 1. The normalized spacial score (nSPS) is 9.79. The highest BCUT2D eigenvalue weighted by atomic mass is 19.1. The monoisotopic (exact) mass is 195 g/mol. The van der Waals surface area contributed by atoms with E-state index in [9.17, 15) is 4.39 Å². The molecule has 3 nitrogen and oxygen atoms in total. The minimum absolute atomic E-state index is 0.340. The van der Waals surface area contributed by atoms with Gasteiger partial charge in [0.2, 0.25) is 5.95 Å². The van der Waals surface area contributed by atoms with E-state index >= 15 is 0 Å². The minimum Gasteiger partial charge on any atom is -0.238 e. The maximum Gasteiger partial charge on any atom is 0.215 e. The molecule has 0 aromatic carbocycles. The Morgan fingerprint density at radius 2 is 1.93 bits per heavy atom. The van der Waals surface area contributed by atoms with Crippen LogP contribution in [0.5, 0.6) is 0 Å². The number of nitrogens with zero attached hydrogens (tertiary/aromatic N) is 3. The van der Waals surface area contributed by atoms with Crippen LogP contribution in [0.1, 0.15) is 25.1 Å². The van der Waals surface area contributed by atoms with Gasteiger partial charge in [-0.2, -0.15) is 9.49 Å². The molecular formula is C10H14FN3. The predicted octanol–water partition coefficient (Wildman–Crippen LogP) is 2.51. The van der Waals surface area contributed by atoms with Gasteiger partial charge in [0, 0.05) is 0 Å². The van der Waals surface area contributed by atoms with Crippen molar-refractivity contribution in [1.82, 2.24) is 14.6 Å². The molecule has 0 spiro atoms. The van der Waals surface area contributed by atoms with Crippen LogP contribution >= 0.6 is 0 Å². The molecule has 2 aromatic heterocycles. The number of aromatic nitrogens is 3. The van der Waals surface area contributed by atoms with Gasteiger partial charge in [0.05, 0.1) is 11.2 Å². The van der Waals surface area contributed by atoms with E-state index in [0.29, 0.717) is 0 Å². The Morgan fingerprint density at radius 3 is 2.50 bits per heavy atom. The summed E-state index contributed by atoms with van der Waals surface area (Å²) < 4.78 is 14.3. The standard InChI is InChI=1S/C8H8FN3.C2H6/c1-5-3-7(9)12-8(5)6(2)10-4-11-12;1-2/h3-4H,1-2H3;1-2H3. The lowest BCUT2D eigenvalue weighted by molar-refractivity contribution is 0.546. The molecule has 2 rings (SSSR count). The van der Waals surface area contributed by atoms with Crippen molar-refractivity contribution in [3.05, 3.63) is 29.6 Å². The number of hydrogen-bond acceptors (Lipinski definition) is 2. The van der Waals surface area contributed by atoms with Crippen LogP contribution in [0, 0.1) is 19.8 Å². The zero-order valence-electron chi connectivity index (χ0n) is 8.87. The molecule has 4 heteroatoms. The summed E-state index contributed by atoms with van der Waals surface area (Å²) in [4.78, 5) is 3.98. The molecule has 0 aliphatic rings. The molecule has 0 saturated carbocycles. The summed E-state index contributed by atoms with van der Waals surface area (Å²) >= 11 is 0. The molecule has 2 heterocycles. The van der Waals surface area contributed by atoms with Crippen LogP contribution in [0.15, 0.2) is 12.4 Å². The van der Waals surface area contributed by atoms with Crippen LogP contribution in [-0.2, 0) is 0 Å². The SMILES string of the molecule is CC.Cc1cc(F)n2ncnc(C)c12. The van der Waals surface area contributed by atoms with Crippen LogP contribution in [0.4, 0.5) is 4.39 Å². The van der Waals surface area contributed by atoms with E-state index in [1.54, 1.807) is 0 Å². The van der Waals surface area contributed by atoms with E-state index < -0.39 is 0 Å². The fourth-order valence-electron chi connectivity index (χ4n) is 1.36. The van der Waals surface area contributed by atoms with Crippen molar-refractivity contribution in [2.45, 2.75) is 27.7 Å². The quantitative estimate of drug-likeness (QED) is 0.646. The first-order valence-electron chi connectivity index (χ1n) is 4.65. The van der Waals surface area contributed by atoms with Gasteiger partial charge in [-0.05, 0) is 25.5 Å². The van der Waals surface area contributed by atoms with Crippen LogP contribution in [0.3, 0.4) is 0 Å². The fourth-order valence-corrected chi connectivity index (χ4v) is 1.36. The third-order valence-electron chi connectivity index (χ3n) is 1.88. The molecule has 0 saturated heterocycles. The van der Waals surface area contributed by atoms with E-state index in [1.165, 1.54) is 16.9 Å². The highest BCUT2D eigenvalue weighted by Crippen LogP contribution is 2.15. The van der Waals surface area contributed by atoms with Crippen molar-refractivity contribution in [3.63, 3.8) is 0 Å². The van der Waals surface area contributed by atoms with Gasteiger partial charge in [0.25, 0.3) is 0 Å². The zero-order valence-corrected chi connectivity index (χ0v) is 8.87. The molecular weight excluding hydrogens is 181 g/mol. The van der Waals surface area contributed by atoms with Crippen LogP contribution in [0.2, 0.25) is 0 Å². The largest absolute Gasteiger partial charge is 0.238 e. The topological polar surface area (TPSA) is 30.2 Å². The Labute approximate surface area is 82.6 Å². The van der Waals surface area contributed by atoms with Crippen molar-refractivity contribution in [1.29, 1.82) is 0 Å². The van der Waals surface area contributed by atoms with Crippen molar-refractivity contribution in [2.24, 2.45) is 0 Å². The third-order valence-corrected chi connectivity index (χ3v) is 1.88. The van der Waals surface area contributed by atoms with Gasteiger partial charge < -0.3 is 0 Å². The lowest BCUT2D eigenvalue weighted by Gasteiger charge is -1.96. The van der Waals surface area contributed by atoms with Gasteiger partial charge in [0.1, 0.15) is 6.33 Å². The smallest absolute Gasteiger partial charge is 0.215 e. The molecule has 14 heavy (non-hydrogen) atoms. The first-order chi connectivity index (χ1) is 6.70. The Hall–Kier alpha value is -1.45. The predicted molar refractivity (Wildman–Crippen MR) is 53.8 cm³/mol. The molecule has 76 valence electrons. The second kappa shape index (κ2) is 4.17. The van der Waals surface area contributed by atoms with Gasteiger partial charge in [-0.25, -0.2) is 9.50 Å². The van der Waals surface area contributed by atoms with Gasteiger partial charge in [-0.3, -0.25) is 0 Å². The first-order valence-corrected chi connectivity index (χ1v) is 4.65. The Morgan fingerprint density at radius 1 is 1.29 bits per heavy atom. The van der Waals surface area contributed by atoms with E-state index in [2.05, 4.69) is 10.1 Å². The van der Waals surface area contributed by atoms with Gasteiger partial charge >= 0.3 is 0 Å². The van der Waals surface area contributed by atoms with Crippen molar-refractivity contribution in [2.75, 3.05) is 0 Å². The van der Waals surface area contributed by atoms with E-state index in [1.807, 2.05) is 27.7 Å². The third kappa shape index (κ3) is 1.60. The summed E-state index contributed by atoms with van der Waals surface area (Å²) in [5, 5.41) is 3.79. The summed E-state index contributed by atoms with van der Waals surface area (Å²) in [7, 11) is 0. The molecule has 2 aromatic rings. The fraction of sp³-hybridized carbons (Fsp3) is 0.400. The first kappa shape index (κ1) is 10.6. The number of fused-ring (bicyclic) bond motifs is 1. The summed E-state index contributed by atoms with van der Waals surface area (Å²) in [6.45, 7) is 7.68. The van der Waals surface area contributed by atoms with Gasteiger partial charge in [0.15, 0.2) is 0 Å². The van der Waals surface area contributed by atoms with Crippen molar-refractivity contribution < 1.29 is 4.39 Å². The summed E-state index contributed by atoms with van der Waals surface area (Å²) in [5.74, 6) is -0.340. The molecule has 0 unspecified atom stereocenters. The van der Waals surface area contributed by atoms with Crippen molar-refractivity contribution >= 4 is 5.52 Å². The number of hydrogen-bond donors (Lipinski definition) is 0. The molecule has 0 fully saturated rings. The van der Waals surface area contributed by atoms with Crippen LogP contribution < -0.4 is 0 Å². The Bertz CT molecular complexity index is 434. The molecule has 0 amide bonds. The van der Waals surface area contributed by atoms with Gasteiger partial charge in [-0.1, -0.05) is 13.8 Å². The lowest BCUT2D eigenvalue weighted by Crippen LogP contribution is -1.97. The molecule has 0 aliphatic carbocycles. The Balaban J connectivity index is 0.000000461. The molecule has 0 radical (unpaired) electrons. The zero-order chi connectivity index (χ0) is 10.7. The maximum absolute atomic E-state index is 13.1. The van der Waals surface area contributed by atoms with Crippen LogP contribution in [-0.4, -0.2) is 14.6 Å². The van der Waals surface area contributed by atoms with E-state index in [0.717, 1.165) is 16.8 Å². The lowest BCUT2D eigenvalue weighted by atomic mass is 10.3. The van der Waals surface area contributed by atoms with Crippen molar-refractivity contribution in [3.8, 4) is 0 Å². The summed E-state index contributed by atoms with van der Waals surface area (Å²) in [6, 6.07) is 1.46. The maximum atomic E-state index is 13.1. The van der Waals surface area contributed by atoms with E-state index in [4.69, 9.17) is 0 Å². The molecule has 0 atom stereocenters. The molecule has 0 aliphatic heterocycles. The van der Waals surface area contributed by atoms with E-state index in [-0.39, 0.29) is 5.95 Å². The number of rotatable bonds is 0. The summed E-state index contributed by atoms with van der Waals surface area (Å²) in [6.07, 6.45) is 1.35. The summed E-state index contributed by atoms with van der Waals surface area (Å²) in [5.41, 5.74) is 2.42. The molecule has 0 N–H and O–H groups in total. The highest BCUT2D eigenvalue weighted by Gasteiger charge is 2.08. The average molecular weight is 195 g/mol. The Kier molecular flexibility index (Phi) is 3.17.